The summed E-state index contributed by atoms with van der Waals surface area (Å²) in [6, 6.07) is 0.156. The van der Waals surface area contributed by atoms with Crippen LogP contribution in [0.25, 0.3) is 0 Å². The molecule has 2 heterocycles. The van der Waals surface area contributed by atoms with Gasteiger partial charge in [0.15, 0.2) is 5.82 Å². The van der Waals surface area contributed by atoms with E-state index in [1.807, 2.05) is 0 Å². The quantitative estimate of drug-likeness (QED) is 0.804. The molecule has 2 aromatic heterocycles. The van der Waals surface area contributed by atoms with Crippen molar-refractivity contribution >= 4 is 0 Å². The maximum Gasteiger partial charge on any atom is 0.316 e. The van der Waals surface area contributed by atoms with Crippen molar-refractivity contribution in [3.05, 3.63) is 44.8 Å². The highest BCUT2D eigenvalue weighted by molar-refractivity contribution is 5.03. The predicted octanol–water partition coefficient (Wildman–Crippen LogP) is 1.82. The Labute approximate surface area is 132 Å². The van der Waals surface area contributed by atoms with Crippen molar-refractivity contribution in [2.75, 3.05) is 0 Å². The summed E-state index contributed by atoms with van der Waals surface area (Å²) in [4.78, 5) is 29.0. The number of aromatic nitrogens is 4. The molecule has 0 bridgehead atoms. The smallest absolute Gasteiger partial charge is 0.316 e. The molecule has 2 aromatic rings. The molecule has 0 N–H and O–H groups in total. The molecular weight excluding hydrogens is 296 g/mol. The molecule has 0 amide bonds. The Balaban J connectivity index is 1.57. The largest absolute Gasteiger partial charge is 0.337 e. The molecular formula is C16H20N4O3. The molecule has 4 rings (SSSR count). The van der Waals surface area contributed by atoms with Gasteiger partial charge in [0.05, 0.1) is 0 Å². The van der Waals surface area contributed by atoms with E-state index in [1.54, 1.807) is 17.0 Å². The number of nitrogens with zero attached hydrogens (tertiary/aromatic N) is 4. The Morgan fingerprint density at radius 2 is 1.83 bits per heavy atom. The first-order valence-corrected chi connectivity index (χ1v) is 8.36. The minimum Gasteiger partial charge on any atom is -0.337 e. The van der Waals surface area contributed by atoms with Gasteiger partial charge in [0.2, 0.25) is 5.89 Å². The monoisotopic (exact) mass is 316 g/mol. The van der Waals surface area contributed by atoms with E-state index in [0.717, 1.165) is 38.5 Å². The number of hydrogen-bond donors (Lipinski definition) is 0. The van der Waals surface area contributed by atoms with Gasteiger partial charge in [0.1, 0.15) is 6.54 Å². The molecule has 0 aliphatic heterocycles. The second kappa shape index (κ2) is 5.79. The summed E-state index contributed by atoms with van der Waals surface area (Å²) in [6.07, 6.45) is 10.9. The van der Waals surface area contributed by atoms with Crippen LogP contribution in [0.4, 0.5) is 0 Å². The minimum atomic E-state index is -0.524. The van der Waals surface area contributed by atoms with Crippen LogP contribution in [0.1, 0.15) is 68.6 Å². The molecule has 122 valence electrons. The summed E-state index contributed by atoms with van der Waals surface area (Å²) in [5.74, 6) is 1.50. The van der Waals surface area contributed by atoms with E-state index in [-0.39, 0.29) is 12.6 Å². The third-order valence-electron chi connectivity index (χ3n) is 4.79. The minimum absolute atomic E-state index is 0.152. The van der Waals surface area contributed by atoms with Crippen LogP contribution < -0.4 is 11.1 Å². The summed E-state index contributed by atoms with van der Waals surface area (Å²) in [7, 11) is 0. The fourth-order valence-corrected chi connectivity index (χ4v) is 3.28. The third kappa shape index (κ3) is 2.87. The zero-order valence-corrected chi connectivity index (χ0v) is 13.0. The maximum absolute atomic E-state index is 12.4. The topological polar surface area (TPSA) is 82.9 Å². The summed E-state index contributed by atoms with van der Waals surface area (Å²) >= 11 is 0. The number of rotatable bonds is 4. The molecule has 7 nitrogen and oxygen atoms in total. The zero-order chi connectivity index (χ0) is 15.8. The van der Waals surface area contributed by atoms with E-state index in [0.29, 0.717) is 17.6 Å². The highest BCUT2D eigenvalue weighted by Crippen LogP contribution is 2.38. The first-order valence-electron chi connectivity index (χ1n) is 8.36. The van der Waals surface area contributed by atoms with Gasteiger partial charge < -0.3 is 9.09 Å². The molecule has 2 aliphatic carbocycles. The van der Waals surface area contributed by atoms with Crippen LogP contribution in [0.2, 0.25) is 0 Å². The van der Waals surface area contributed by atoms with Gasteiger partial charge in [-0.2, -0.15) is 4.98 Å². The van der Waals surface area contributed by atoms with E-state index < -0.39 is 11.1 Å². The summed E-state index contributed by atoms with van der Waals surface area (Å²) in [5.41, 5.74) is -0.981. The van der Waals surface area contributed by atoms with E-state index in [4.69, 9.17) is 4.52 Å². The van der Waals surface area contributed by atoms with Gasteiger partial charge in [-0.05, 0) is 25.7 Å². The fourth-order valence-electron chi connectivity index (χ4n) is 3.28. The van der Waals surface area contributed by atoms with Crippen molar-refractivity contribution in [1.29, 1.82) is 0 Å². The highest BCUT2D eigenvalue weighted by Gasteiger charge is 2.28. The van der Waals surface area contributed by atoms with Crippen LogP contribution in [0.15, 0.2) is 26.5 Å². The van der Waals surface area contributed by atoms with E-state index in [2.05, 4.69) is 10.1 Å². The van der Waals surface area contributed by atoms with Crippen LogP contribution in [0.5, 0.6) is 0 Å². The maximum atomic E-state index is 12.4. The second-order valence-corrected chi connectivity index (χ2v) is 6.56. The van der Waals surface area contributed by atoms with Crippen molar-refractivity contribution in [3.63, 3.8) is 0 Å². The SMILES string of the molecule is O=c1c(=O)n(C2CCCCC2)ccn1Cc1nc(C2CC2)no1. The average molecular weight is 316 g/mol. The van der Waals surface area contributed by atoms with Crippen LogP contribution >= 0.6 is 0 Å². The summed E-state index contributed by atoms with van der Waals surface area (Å²) in [5, 5.41) is 3.93. The van der Waals surface area contributed by atoms with E-state index >= 15 is 0 Å². The average Bonchev–Trinajstić information content (AvgIpc) is 3.33. The molecule has 0 unspecified atom stereocenters. The van der Waals surface area contributed by atoms with E-state index in [1.165, 1.54) is 11.0 Å². The first kappa shape index (κ1) is 14.4. The normalized spacial score (nSPS) is 19.1. The Morgan fingerprint density at radius 1 is 1.04 bits per heavy atom. The Kier molecular flexibility index (Phi) is 3.63. The van der Waals surface area contributed by atoms with Crippen molar-refractivity contribution in [1.82, 2.24) is 19.3 Å². The molecule has 0 radical (unpaired) electrons. The van der Waals surface area contributed by atoms with Gasteiger partial charge in [-0.1, -0.05) is 24.4 Å². The molecule has 7 heteroatoms. The van der Waals surface area contributed by atoms with Gasteiger partial charge in [0, 0.05) is 24.4 Å². The lowest BCUT2D eigenvalue weighted by molar-refractivity contribution is 0.339. The predicted molar refractivity (Wildman–Crippen MR) is 82.5 cm³/mol. The zero-order valence-electron chi connectivity index (χ0n) is 13.0. The molecule has 0 atom stereocenters. The van der Waals surface area contributed by atoms with Crippen LogP contribution in [0, 0.1) is 0 Å². The molecule has 2 fully saturated rings. The van der Waals surface area contributed by atoms with Gasteiger partial charge in [-0.25, -0.2) is 0 Å². The van der Waals surface area contributed by atoms with Crippen molar-refractivity contribution in [2.24, 2.45) is 0 Å². The molecule has 0 aromatic carbocycles. The van der Waals surface area contributed by atoms with Gasteiger partial charge in [-0.3, -0.25) is 14.2 Å². The Morgan fingerprint density at radius 3 is 2.57 bits per heavy atom. The van der Waals surface area contributed by atoms with E-state index in [9.17, 15) is 9.59 Å². The summed E-state index contributed by atoms with van der Waals surface area (Å²) in [6.45, 7) is 0.152. The highest BCUT2D eigenvalue weighted by atomic mass is 16.5. The summed E-state index contributed by atoms with van der Waals surface area (Å²) < 4.78 is 8.13. The van der Waals surface area contributed by atoms with Crippen LogP contribution in [-0.4, -0.2) is 19.3 Å². The van der Waals surface area contributed by atoms with Gasteiger partial charge in [0.25, 0.3) is 0 Å². The lowest BCUT2D eigenvalue weighted by Crippen LogP contribution is -2.42. The lowest BCUT2D eigenvalue weighted by atomic mass is 9.95. The fraction of sp³-hybridized carbons (Fsp3) is 0.625. The Hall–Kier alpha value is -2.18. The number of hydrogen-bond acceptors (Lipinski definition) is 5. The molecule has 0 saturated heterocycles. The first-order chi connectivity index (χ1) is 11.2. The molecule has 2 saturated carbocycles. The van der Waals surface area contributed by atoms with Crippen molar-refractivity contribution in [2.45, 2.75) is 63.5 Å². The molecule has 2 aliphatic rings. The molecule has 0 spiro atoms. The standard InChI is InChI=1S/C16H20N4O3/c21-15-16(22)20(12-4-2-1-3-5-12)9-8-19(15)10-13-17-14(18-23-13)11-6-7-11/h8-9,11-12H,1-7,10H2. The molecule has 23 heavy (non-hydrogen) atoms. The Bertz CT molecular complexity index is 809. The van der Waals surface area contributed by atoms with Crippen LogP contribution in [0.3, 0.4) is 0 Å². The van der Waals surface area contributed by atoms with Crippen molar-refractivity contribution in [3.8, 4) is 0 Å². The second-order valence-electron chi connectivity index (χ2n) is 6.56. The van der Waals surface area contributed by atoms with Crippen molar-refractivity contribution < 1.29 is 4.52 Å². The van der Waals surface area contributed by atoms with Gasteiger partial charge >= 0.3 is 11.1 Å². The van der Waals surface area contributed by atoms with Crippen LogP contribution in [-0.2, 0) is 6.54 Å². The lowest BCUT2D eigenvalue weighted by Gasteiger charge is -2.23. The van der Waals surface area contributed by atoms with Gasteiger partial charge in [-0.15, -0.1) is 0 Å². The third-order valence-corrected chi connectivity index (χ3v) is 4.79.